The Labute approximate surface area is 147 Å². The fraction of sp³-hybridized carbons (Fsp3) is 0.111. The van der Waals surface area contributed by atoms with Crippen molar-refractivity contribution in [1.29, 1.82) is 0 Å². The molecule has 0 aliphatic rings. The molecule has 116 valence electrons. The van der Waals surface area contributed by atoms with Gasteiger partial charge < -0.3 is 4.74 Å². The summed E-state index contributed by atoms with van der Waals surface area (Å²) >= 11 is 4.62. The van der Waals surface area contributed by atoms with Crippen LogP contribution < -0.4 is 4.74 Å². The van der Waals surface area contributed by atoms with E-state index in [-0.39, 0.29) is 11.1 Å². The van der Waals surface area contributed by atoms with Gasteiger partial charge in [-0.15, -0.1) is 11.3 Å². The molecule has 0 aliphatic carbocycles. The van der Waals surface area contributed by atoms with E-state index in [0.29, 0.717) is 12.3 Å². The Kier molecular flexibility index (Phi) is 5.20. The van der Waals surface area contributed by atoms with Gasteiger partial charge in [0.1, 0.15) is 23.1 Å². The van der Waals surface area contributed by atoms with Crippen molar-refractivity contribution in [3.63, 3.8) is 0 Å². The van der Waals surface area contributed by atoms with Crippen LogP contribution in [0.25, 0.3) is 10.6 Å². The molecule has 0 fully saturated rings. The maximum atomic E-state index is 11.7. The number of thiazole rings is 1. The number of nitrogens with zero attached hydrogens (tertiary/aromatic N) is 1. The summed E-state index contributed by atoms with van der Waals surface area (Å²) in [5.74, 6) is 0.749. The zero-order valence-electron chi connectivity index (χ0n) is 12.2. The van der Waals surface area contributed by atoms with Gasteiger partial charge in [-0.1, -0.05) is 58.4 Å². The van der Waals surface area contributed by atoms with Crippen molar-refractivity contribution < 1.29 is 9.53 Å². The quantitative estimate of drug-likeness (QED) is 0.442. The second kappa shape index (κ2) is 7.53. The summed E-state index contributed by atoms with van der Waals surface area (Å²) in [7, 11) is 0. The Balaban J connectivity index is 1.83. The number of rotatable bonds is 6. The first-order chi connectivity index (χ1) is 11.3. The molecular weight excluding hydrogens is 374 g/mol. The number of Topliss-reactive ketones (excluding diaryl/α,β-unsaturated/α-hetero) is 1. The van der Waals surface area contributed by atoms with E-state index in [4.69, 9.17) is 4.74 Å². The third-order valence-corrected chi connectivity index (χ3v) is 4.65. The molecule has 2 aromatic carbocycles. The van der Waals surface area contributed by atoms with E-state index in [9.17, 15) is 4.79 Å². The number of ketones is 1. The summed E-state index contributed by atoms with van der Waals surface area (Å²) in [5.41, 5.74) is 2.50. The van der Waals surface area contributed by atoms with Gasteiger partial charge in [0.05, 0.1) is 10.9 Å². The molecule has 1 aromatic heterocycles. The number of aromatic nitrogens is 1. The molecule has 3 nitrogen and oxygen atoms in total. The van der Waals surface area contributed by atoms with Crippen LogP contribution >= 0.6 is 27.3 Å². The molecule has 1 heterocycles. The van der Waals surface area contributed by atoms with Crippen molar-refractivity contribution in [2.24, 2.45) is 0 Å². The highest BCUT2D eigenvalue weighted by atomic mass is 79.9. The zero-order chi connectivity index (χ0) is 16.1. The van der Waals surface area contributed by atoms with Crippen LogP contribution in [0.1, 0.15) is 16.1 Å². The summed E-state index contributed by atoms with van der Waals surface area (Å²) < 4.78 is 5.95. The molecule has 0 bridgehead atoms. The van der Waals surface area contributed by atoms with Gasteiger partial charge in [0, 0.05) is 5.38 Å². The molecule has 0 saturated carbocycles. The molecule has 0 saturated heterocycles. The molecule has 0 atom stereocenters. The summed E-state index contributed by atoms with van der Waals surface area (Å²) in [6, 6.07) is 17.8. The first-order valence-corrected chi connectivity index (χ1v) is 9.09. The second-order valence-electron chi connectivity index (χ2n) is 4.87. The summed E-state index contributed by atoms with van der Waals surface area (Å²) in [4.78, 5) is 16.1. The fourth-order valence-corrected chi connectivity index (χ4v) is 3.24. The molecule has 0 aliphatic heterocycles. The minimum atomic E-state index is -0.0183. The molecule has 23 heavy (non-hydrogen) atoms. The molecule has 0 N–H and O–H groups in total. The number of carbonyl (C=O) groups is 1. The van der Waals surface area contributed by atoms with Gasteiger partial charge in [-0.25, -0.2) is 4.98 Å². The normalized spacial score (nSPS) is 10.5. The van der Waals surface area contributed by atoms with Crippen LogP contribution in [0, 0.1) is 0 Å². The van der Waals surface area contributed by atoms with E-state index in [1.165, 1.54) is 11.3 Å². The molecular formula is C18H14BrNO2S. The van der Waals surface area contributed by atoms with E-state index in [1.54, 1.807) is 5.38 Å². The summed E-state index contributed by atoms with van der Waals surface area (Å²) in [5, 5.41) is 2.85. The number of para-hydroxylation sites is 1. The average molecular weight is 388 g/mol. The molecule has 3 rings (SSSR count). The van der Waals surface area contributed by atoms with Crippen LogP contribution in [0.3, 0.4) is 0 Å². The van der Waals surface area contributed by atoms with Crippen molar-refractivity contribution >= 4 is 33.0 Å². The zero-order valence-corrected chi connectivity index (χ0v) is 14.6. The largest absolute Gasteiger partial charge is 0.488 e. The van der Waals surface area contributed by atoms with E-state index in [2.05, 4.69) is 20.9 Å². The van der Waals surface area contributed by atoms with Crippen molar-refractivity contribution in [1.82, 2.24) is 4.98 Å². The Morgan fingerprint density at radius 3 is 2.61 bits per heavy atom. The highest BCUT2D eigenvalue weighted by molar-refractivity contribution is 9.09. The third-order valence-electron chi connectivity index (χ3n) is 3.27. The Morgan fingerprint density at radius 2 is 1.83 bits per heavy atom. The van der Waals surface area contributed by atoms with Gasteiger partial charge in [0.2, 0.25) is 0 Å². The Bertz CT molecular complexity index is 802. The first-order valence-electron chi connectivity index (χ1n) is 7.09. The Hall–Kier alpha value is -1.98. The molecule has 0 radical (unpaired) electrons. The minimum absolute atomic E-state index is 0.0183. The number of alkyl halides is 1. The first kappa shape index (κ1) is 15.9. The number of ether oxygens (including phenoxy) is 1. The summed E-state index contributed by atoms with van der Waals surface area (Å²) in [6.07, 6.45) is 0. The lowest BCUT2D eigenvalue weighted by Crippen LogP contribution is -2.00. The average Bonchev–Trinajstić information content (AvgIpc) is 3.10. The van der Waals surface area contributed by atoms with E-state index in [0.717, 1.165) is 21.9 Å². The van der Waals surface area contributed by atoms with Gasteiger partial charge in [0.25, 0.3) is 0 Å². The lowest BCUT2D eigenvalue weighted by molar-refractivity contribution is 0.102. The number of halogens is 1. The maximum Gasteiger partial charge on any atom is 0.192 e. The lowest BCUT2D eigenvalue weighted by Gasteiger charge is -2.09. The number of benzene rings is 2. The van der Waals surface area contributed by atoms with Crippen LogP contribution in [-0.2, 0) is 6.61 Å². The van der Waals surface area contributed by atoms with Gasteiger partial charge >= 0.3 is 0 Å². The number of hydrogen-bond acceptors (Lipinski definition) is 4. The van der Waals surface area contributed by atoms with Crippen molar-refractivity contribution in [2.45, 2.75) is 6.61 Å². The predicted molar refractivity (Wildman–Crippen MR) is 96.4 cm³/mol. The predicted octanol–water partition coefficient (Wildman–Crippen LogP) is 4.97. The maximum absolute atomic E-state index is 11.7. The van der Waals surface area contributed by atoms with E-state index >= 15 is 0 Å². The number of hydrogen-bond donors (Lipinski definition) is 0. The SMILES string of the molecule is O=C(CBr)c1csc(-c2ccccc2OCc2ccccc2)n1. The highest BCUT2D eigenvalue weighted by Crippen LogP contribution is 2.32. The van der Waals surface area contributed by atoms with Crippen molar-refractivity contribution in [3.8, 4) is 16.3 Å². The molecule has 0 spiro atoms. The van der Waals surface area contributed by atoms with E-state index in [1.807, 2.05) is 54.6 Å². The lowest BCUT2D eigenvalue weighted by atomic mass is 10.2. The number of carbonyl (C=O) groups excluding carboxylic acids is 1. The van der Waals surface area contributed by atoms with Gasteiger partial charge in [-0.3, -0.25) is 4.79 Å². The van der Waals surface area contributed by atoms with Gasteiger partial charge in [0.15, 0.2) is 5.78 Å². The van der Waals surface area contributed by atoms with Crippen LogP contribution in [0.15, 0.2) is 60.0 Å². The van der Waals surface area contributed by atoms with Gasteiger partial charge in [-0.2, -0.15) is 0 Å². The fourth-order valence-electron chi connectivity index (χ4n) is 2.10. The minimum Gasteiger partial charge on any atom is -0.488 e. The van der Waals surface area contributed by atoms with Crippen molar-refractivity contribution in [2.75, 3.05) is 5.33 Å². The highest BCUT2D eigenvalue weighted by Gasteiger charge is 2.13. The van der Waals surface area contributed by atoms with E-state index < -0.39 is 0 Å². The van der Waals surface area contributed by atoms with Crippen LogP contribution in [0.4, 0.5) is 0 Å². The Morgan fingerprint density at radius 1 is 1.09 bits per heavy atom. The standard InChI is InChI=1S/C18H14BrNO2S/c19-10-16(21)15-12-23-18(20-15)14-8-4-5-9-17(14)22-11-13-6-2-1-3-7-13/h1-9,12H,10-11H2. The molecule has 0 unspecified atom stereocenters. The van der Waals surface area contributed by atoms with Crippen molar-refractivity contribution in [3.05, 3.63) is 71.2 Å². The molecule has 5 heteroatoms. The van der Waals surface area contributed by atoms with Gasteiger partial charge in [-0.05, 0) is 17.7 Å². The molecule has 3 aromatic rings. The third kappa shape index (κ3) is 3.86. The summed E-state index contributed by atoms with van der Waals surface area (Å²) in [6.45, 7) is 0.496. The second-order valence-corrected chi connectivity index (χ2v) is 6.28. The van der Waals surface area contributed by atoms with Crippen LogP contribution in [0.5, 0.6) is 5.75 Å². The smallest absolute Gasteiger partial charge is 0.192 e. The van der Waals surface area contributed by atoms with Crippen LogP contribution in [-0.4, -0.2) is 16.1 Å². The van der Waals surface area contributed by atoms with Crippen LogP contribution in [0.2, 0.25) is 0 Å². The topological polar surface area (TPSA) is 39.2 Å². The monoisotopic (exact) mass is 387 g/mol. The molecule has 0 amide bonds.